The van der Waals surface area contributed by atoms with E-state index < -0.39 is 0 Å². The molecular formula is C24H23ClN4O2S. The molecule has 3 amide bonds. The molecule has 1 aliphatic rings. The van der Waals surface area contributed by atoms with Crippen molar-refractivity contribution in [1.82, 2.24) is 4.98 Å². The zero-order chi connectivity index (χ0) is 22.8. The van der Waals surface area contributed by atoms with Crippen molar-refractivity contribution in [3.63, 3.8) is 0 Å². The van der Waals surface area contributed by atoms with Crippen LogP contribution in [0, 0.1) is 20.8 Å². The van der Waals surface area contributed by atoms with Gasteiger partial charge in [0.1, 0.15) is 5.03 Å². The molecule has 0 saturated carbocycles. The first-order valence-electron chi connectivity index (χ1n) is 10.2. The van der Waals surface area contributed by atoms with E-state index in [0.717, 1.165) is 33.3 Å². The molecule has 1 aromatic heterocycles. The molecule has 3 aromatic rings. The number of nitrogens with zero attached hydrogens (tertiary/aromatic N) is 2. The Hall–Kier alpha value is -3.03. The van der Waals surface area contributed by atoms with Crippen LogP contribution in [0.15, 0.2) is 53.6 Å². The van der Waals surface area contributed by atoms with Gasteiger partial charge in [0.2, 0.25) is 0 Å². The summed E-state index contributed by atoms with van der Waals surface area (Å²) in [4.78, 5) is 32.1. The second-order valence-electron chi connectivity index (χ2n) is 7.66. The summed E-state index contributed by atoms with van der Waals surface area (Å²) in [5.74, 6) is 0.515. The predicted molar refractivity (Wildman–Crippen MR) is 131 cm³/mol. The molecule has 164 valence electrons. The average molecular weight is 467 g/mol. The number of anilines is 3. The van der Waals surface area contributed by atoms with Gasteiger partial charge in [-0.3, -0.25) is 9.69 Å². The molecule has 2 aromatic carbocycles. The minimum atomic E-state index is -0.262. The van der Waals surface area contributed by atoms with E-state index in [1.807, 2.05) is 26.8 Å². The molecule has 6 nitrogen and oxygen atoms in total. The lowest BCUT2D eigenvalue weighted by molar-refractivity contribution is 0.102. The van der Waals surface area contributed by atoms with Gasteiger partial charge in [-0.25, -0.2) is 9.78 Å². The maximum absolute atomic E-state index is 13.1. The number of rotatable bonds is 3. The first-order chi connectivity index (χ1) is 15.3. The maximum Gasteiger partial charge on any atom is 0.326 e. The molecule has 0 spiro atoms. The van der Waals surface area contributed by atoms with Crippen molar-refractivity contribution in [3.8, 4) is 0 Å². The first-order valence-corrected chi connectivity index (χ1v) is 11.6. The number of fused-ring (bicyclic) bond motifs is 1. The van der Waals surface area contributed by atoms with Crippen LogP contribution < -0.4 is 15.5 Å². The fourth-order valence-corrected chi connectivity index (χ4v) is 4.97. The lowest BCUT2D eigenvalue weighted by Gasteiger charge is -2.30. The van der Waals surface area contributed by atoms with E-state index >= 15 is 0 Å². The van der Waals surface area contributed by atoms with Gasteiger partial charge in [0.15, 0.2) is 0 Å². The minimum Gasteiger partial charge on any atom is -0.322 e. The van der Waals surface area contributed by atoms with Gasteiger partial charge in [-0.15, -0.1) is 11.8 Å². The number of hydrogen-bond acceptors (Lipinski definition) is 4. The maximum atomic E-state index is 13.1. The van der Waals surface area contributed by atoms with Crippen LogP contribution in [0.2, 0.25) is 5.02 Å². The summed E-state index contributed by atoms with van der Waals surface area (Å²) in [6, 6.07) is 13.9. The van der Waals surface area contributed by atoms with Gasteiger partial charge in [-0.05, 0) is 74.4 Å². The van der Waals surface area contributed by atoms with Crippen molar-refractivity contribution < 1.29 is 9.59 Å². The van der Waals surface area contributed by atoms with Gasteiger partial charge >= 0.3 is 6.03 Å². The molecular weight excluding hydrogens is 444 g/mol. The fourth-order valence-electron chi connectivity index (χ4n) is 3.66. The Morgan fingerprint density at radius 1 is 1.03 bits per heavy atom. The van der Waals surface area contributed by atoms with E-state index in [2.05, 4.69) is 15.6 Å². The largest absolute Gasteiger partial charge is 0.326 e. The van der Waals surface area contributed by atoms with Crippen molar-refractivity contribution in [2.75, 3.05) is 27.8 Å². The van der Waals surface area contributed by atoms with Crippen LogP contribution in [0.5, 0.6) is 0 Å². The molecule has 2 heterocycles. The van der Waals surface area contributed by atoms with E-state index in [9.17, 15) is 9.59 Å². The highest BCUT2D eigenvalue weighted by molar-refractivity contribution is 7.99. The second kappa shape index (κ2) is 9.22. The third kappa shape index (κ3) is 4.74. The molecule has 4 rings (SSSR count). The smallest absolute Gasteiger partial charge is 0.322 e. The highest BCUT2D eigenvalue weighted by Crippen LogP contribution is 2.36. The van der Waals surface area contributed by atoms with Gasteiger partial charge in [0.05, 0.1) is 5.69 Å². The SMILES string of the molecule is Cc1cc(C)c2c(n1)SCCN2C(=O)Nc1cccc(C(=O)Nc2ccc(Cl)cc2C)c1. The monoisotopic (exact) mass is 466 g/mol. The summed E-state index contributed by atoms with van der Waals surface area (Å²) in [5, 5.41) is 7.30. The Bertz CT molecular complexity index is 1210. The number of thioether (sulfide) groups is 1. The predicted octanol–water partition coefficient (Wildman–Crippen LogP) is 6.06. The standard InChI is InChI=1S/C24H23ClN4O2S/c1-14-12-18(25)7-8-20(14)28-22(30)17-5-4-6-19(13-17)27-24(31)29-9-10-32-23-21(29)15(2)11-16(3)26-23/h4-8,11-13H,9-10H2,1-3H3,(H,27,31)(H,28,30). The number of pyridine rings is 1. The van der Waals surface area contributed by atoms with Crippen LogP contribution in [0.1, 0.15) is 27.2 Å². The Balaban J connectivity index is 1.51. The Kier molecular flexibility index (Phi) is 6.39. The van der Waals surface area contributed by atoms with Crippen molar-refractivity contribution in [2.24, 2.45) is 0 Å². The van der Waals surface area contributed by atoms with Crippen LogP contribution in [0.25, 0.3) is 0 Å². The number of nitrogens with one attached hydrogen (secondary N) is 2. The second-order valence-corrected chi connectivity index (χ2v) is 9.18. The van der Waals surface area contributed by atoms with Gasteiger partial charge in [0, 0.05) is 40.0 Å². The van der Waals surface area contributed by atoms with Gasteiger partial charge in [-0.2, -0.15) is 0 Å². The molecule has 0 bridgehead atoms. The number of amides is 3. The summed E-state index contributed by atoms with van der Waals surface area (Å²) < 4.78 is 0. The van der Waals surface area contributed by atoms with E-state index in [4.69, 9.17) is 11.6 Å². The van der Waals surface area contributed by atoms with Crippen molar-refractivity contribution in [2.45, 2.75) is 25.8 Å². The molecule has 2 N–H and O–H groups in total. The topological polar surface area (TPSA) is 74.3 Å². The molecule has 8 heteroatoms. The van der Waals surface area contributed by atoms with Crippen LogP contribution in [0.4, 0.5) is 21.9 Å². The quantitative estimate of drug-likeness (QED) is 0.492. The van der Waals surface area contributed by atoms with Gasteiger partial charge in [0.25, 0.3) is 5.91 Å². The number of urea groups is 1. The molecule has 0 radical (unpaired) electrons. The Labute approximate surface area is 196 Å². The van der Waals surface area contributed by atoms with E-state index in [-0.39, 0.29) is 11.9 Å². The number of hydrogen-bond donors (Lipinski definition) is 2. The number of halogens is 1. The third-order valence-corrected chi connectivity index (χ3v) is 6.34. The third-order valence-electron chi connectivity index (χ3n) is 5.16. The van der Waals surface area contributed by atoms with Crippen LogP contribution >= 0.6 is 23.4 Å². The number of benzene rings is 2. The van der Waals surface area contributed by atoms with E-state index in [0.29, 0.717) is 28.5 Å². The molecule has 0 fully saturated rings. The average Bonchev–Trinajstić information content (AvgIpc) is 2.75. The minimum absolute atomic E-state index is 0.244. The highest BCUT2D eigenvalue weighted by atomic mass is 35.5. The molecule has 0 atom stereocenters. The fraction of sp³-hybridized carbons (Fsp3) is 0.208. The molecule has 1 aliphatic heterocycles. The van der Waals surface area contributed by atoms with E-state index in [1.165, 1.54) is 0 Å². The summed E-state index contributed by atoms with van der Waals surface area (Å²) in [6.45, 7) is 6.41. The van der Waals surface area contributed by atoms with Crippen molar-refractivity contribution in [3.05, 3.63) is 75.9 Å². The number of carbonyl (C=O) groups excluding carboxylic acids is 2. The van der Waals surface area contributed by atoms with Crippen molar-refractivity contribution >= 4 is 52.4 Å². The zero-order valence-electron chi connectivity index (χ0n) is 18.0. The Morgan fingerprint density at radius 3 is 2.62 bits per heavy atom. The number of aryl methyl sites for hydroxylation is 3. The van der Waals surface area contributed by atoms with E-state index in [1.54, 1.807) is 59.1 Å². The number of aromatic nitrogens is 1. The summed E-state index contributed by atoms with van der Waals surface area (Å²) >= 11 is 7.65. The Morgan fingerprint density at radius 2 is 1.84 bits per heavy atom. The van der Waals surface area contributed by atoms with Crippen molar-refractivity contribution in [1.29, 1.82) is 0 Å². The lowest BCUT2D eigenvalue weighted by Crippen LogP contribution is -2.39. The zero-order valence-corrected chi connectivity index (χ0v) is 19.6. The summed E-state index contributed by atoms with van der Waals surface area (Å²) in [6.07, 6.45) is 0. The first kappa shape index (κ1) is 22.2. The molecule has 0 saturated heterocycles. The van der Waals surface area contributed by atoms with Crippen LogP contribution in [0.3, 0.4) is 0 Å². The van der Waals surface area contributed by atoms with Gasteiger partial charge < -0.3 is 10.6 Å². The number of carbonyl (C=O) groups is 2. The lowest BCUT2D eigenvalue weighted by atomic mass is 10.1. The molecule has 0 aliphatic carbocycles. The van der Waals surface area contributed by atoms with Crippen LogP contribution in [-0.4, -0.2) is 29.2 Å². The summed E-state index contributed by atoms with van der Waals surface area (Å²) in [7, 11) is 0. The van der Waals surface area contributed by atoms with Gasteiger partial charge in [-0.1, -0.05) is 17.7 Å². The summed E-state index contributed by atoms with van der Waals surface area (Å²) in [5.41, 5.74) is 5.35. The van der Waals surface area contributed by atoms with Crippen LogP contribution in [-0.2, 0) is 0 Å². The molecule has 32 heavy (non-hydrogen) atoms. The normalized spacial score (nSPS) is 12.8. The molecule has 0 unspecified atom stereocenters. The highest BCUT2D eigenvalue weighted by Gasteiger charge is 2.26.